The van der Waals surface area contributed by atoms with Gasteiger partial charge in [-0.05, 0) is 66.9 Å². The molecule has 3 heteroatoms. The molecular weight excluding hydrogens is 433 g/mol. The lowest BCUT2D eigenvalue weighted by atomic mass is 10.1. The van der Waals surface area contributed by atoms with Crippen LogP contribution in [0.15, 0.2) is 109 Å². The van der Waals surface area contributed by atoms with Crippen molar-refractivity contribution in [1.82, 2.24) is 4.90 Å². The van der Waals surface area contributed by atoms with Crippen molar-refractivity contribution in [2.45, 2.75) is 32.5 Å². The van der Waals surface area contributed by atoms with Crippen molar-refractivity contribution in [3.63, 3.8) is 0 Å². The van der Waals surface area contributed by atoms with Crippen molar-refractivity contribution in [2.75, 3.05) is 6.54 Å². The van der Waals surface area contributed by atoms with Crippen molar-refractivity contribution in [1.29, 1.82) is 0 Å². The Bertz CT molecular complexity index is 1170. The number of hydrogen-bond acceptors (Lipinski definition) is 1. The molecule has 1 atom stereocenters. The smallest absolute Gasteiger partial charge is 0.264 e. The van der Waals surface area contributed by atoms with Gasteiger partial charge in [-0.2, -0.15) is 0 Å². The van der Waals surface area contributed by atoms with Gasteiger partial charge in [0.1, 0.15) is 23.2 Å². The first-order chi connectivity index (χ1) is 16.6. The third-order valence-electron chi connectivity index (χ3n) is 7.17. The van der Waals surface area contributed by atoms with Gasteiger partial charge in [-0.25, -0.2) is 0 Å². The standard InChI is InChI=1S/C31H31NOP/c1-24-18-19-26(22-25(24)2)23-32-21-20-30(31(32)33)34(27-12-6-3-7-13-27,28-14-8-4-9-15-28)29-16-10-5-11-17-29/h3-19,22,30H,20-21,23H2,1-2H3/q+1. The van der Waals surface area contributed by atoms with E-state index in [9.17, 15) is 4.79 Å². The third kappa shape index (κ3) is 3.97. The van der Waals surface area contributed by atoms with Gasteiger partial charge >= 0.3 is 0 Å². The molecule has 0 saturated carbocycles. The molecule has 1 aliphatic rings. The van der Waals surface area contributed by atoms with Gasteiger partial charge < -0.3 is 4.90 Å². The first-order valence-corrected chi connectivity index (χ1v) is 13.9. The zero-order chi connectivity index (χ0) is 23.5. The number of carbonyl (C=O) groups is 1. The Morgan fingerprint density at radius 3 is 1.68 bits per heavy atom. The Morgan fingerprint density at radius 1 is 0.706 bits per heavy atom. The molecule has 4 aromatic carbocycles. The number of benzene rings is 4. The average molecular weight is 465 g/mol. The summed E-state index contributed by atoms with van der Waals surface area (Å²) in [5.41, 5.74) is 3.71. The van der Waals surface area contributed by atoms with Crippen LogP contribution in [0, 0.1) is 13.8 Å². The van der Waals surface area contributed by atoms with Gasteiger partial charge in [-0.3, -0.25) is 4.79 Å². The molecule has 5 rings (SSSR count). The second-order valence-corrected chi connectivity index (χ2v) is 12.8. The summed E-state index contributed by atoms with van der Waals surface area (Å²) in [6.45, 7) is 5.75. The fraction of sp³-hybridized carbons (Fsp3) is 0.194. The molecule has 0 N–H and O–H groups in total. The summed E-state index contributed by atoms with van der Waals surface area (Å²) in [7, 11) is -2.21. The first kappa shape index (κ1) is 22.6. The Hall–Kier alpha value is -3.22. The van der Waals surface area contributed by atoms with Crippen molar-refractivity contribution < 1.29 is 4.79 Å². The van der Waals surface area contributed by atoms with E-state index in [1.807, 2.05) is 0 Å². The van der Waals surface area contributed by atoms with E-state index in [1.165, 1.54) is 32.6 Å². The van der Waals surface area contributed by atoms with Crippen molar-refractivity contribution >= 4 is 29.1 Å². The maximum atomic E-state index is 14.2. The third-order valence-corrected chi connectivity index (χ3v) is 11.9. The zero-order valence-electron chi connectivity index (χ0n) is 19.9. The Labute approximate surface area is 203 Å². The van der Waals surface area contributed by atoms with Crippen molar-refractivity contribution in [2.24, 2.45) is 0 Å². The van der Waals surface area contributed by atoms with E-state index >= 15 is 0 Å². The van der Waals surface area contributed by atoms with Crippen LogP contribution in [0.2, 0.25) is 0 Å². The van der Waals surface area contributed by atoms with Crippen LogP contribution in [-0.2, 0) is 11.3 Å². The highest BCUT2D eigenvalue weighted by Gasteiger charge is 2.58. The van der Waals surface area contributed by atoms with Crippen LogP contribution in [0.1, 0.15) is 23.1 Å². The number of hydrogen-bond donors (Lipinski definition) is 0. The van der Waals surface area contributed by atoms with Gasteiger partial charge in [0.25, 0.3) is 5.91 Å². The SMILES string of the molecule is Cc1ccc(CN2CCC([P+](c3ccccc3)(c3ccccc3)c3ccccc3)C2=O)cc1C. The monoisotopic (exact) mass is 464 g/mol. The molecule has 1 heterocycles. The summed E-state index contributed by atoms with van der Waals surface area (Å²) >= 11 is 0. The second-order valence-electron chi connectivity index (χ2n) is 9.21. The number of carbonyl (C=O) groups excluding carboxylic acids is 1. The molecule has 0 aromatic heterocycles. The van der Waals surface area contributed by atoms with Gasteiger partial charge in [-0.1, -0.05) is 72.8 Å². The van der Waals surface area contributed by atoms with Crippen molar-refractivity contribution in [3.05, 3.63) is 126 Å². The predicted molar refractivity (Wildman–Crippen MR) is 145 cm³/mol. The number of nitrogens with zero attached hydrogens (tertiary/aromatic N) is 1. The fourth-order valence-electron chi connectivity index (χ4n) is 5.34. The predicted octanol–water partition coefficient (Wildman–Crippen LogP) is 5.40. The van der Waals surface area contributed by atoms with Crippen LogP contribution in [0.3, 0.4) is 0 Å². The molecule has 34 heavy (non-hydrogen) atoms. The lowest BCUT2D eigenvalue weighted by Crippen LogP contribution is -2.42. The molecular formula is C31H31NOP+. The number of amides is 1. The van der Waals surface area contributed by atoms with Gasteiger partial charge in [-0.15, -0.1) is 0 Å². The highest BCUT2D eigenvalue weighted by molar-refractivity contribution is 7.96. The van der Waals surface area contributed by atoms with Crippen LogP contribution in [0.4, 0.5) is 0 Å². The maximum Gasteiger partial charge on any atom is 0.264 e. The van der Waals surface area contributed by atoms with Gasteiger partial charge in [0, 0.05) is 19.5 Å². The van der Waals surface area contributed by atoms with E-state index in [1.54, 1.807) is 0 Å². The van der Waals surface area contributed by atoms with E-state index in [2.05, 4.69) is 128 Å². The Kier molecular flexibility index (Phi) is 6.35. The lowest BCUT2D eigenvalue weighted by Gasteiger charge is -2.32. The van der Waals surface area contributed by atoms with E-state index in [4.69, 9.17) is 0 Å². The highest BCUT2D eigenvalue weighted by atomic mass is 31.2. The number of rotatable bonds is 6. The summed E-state index contributed by atoms with van der Waals surface area (Å²) in [5.74, 6) is 0.281. The van der Waals surface area contributed by atoms with Crippen LogP contribution in [0.5, 0.6) is 0 Å². The normalized spacial score (nSPS) is 16.1. The zero-order valence-corrected chi connectivity index (χ0v) is 20.8. The van der Waals surface area contributed by atoms with Crippen LogP contribution in [-0.4, -0.2) is 23.0 Å². The fourth-order valence-corrected chi connectivity index (χ4v) is 10.2. The topological polar surface area (TPSA) is 20.3 Å². The molecule has 1 fully saturated rings. The molecule has 1 aliphatic heterocycles. The number of aryl methyl sites for hydroxylation is 2. The van der Waals surface area contributed by atoms with E-state index in [0.717, 1.165) is 13.0 Å². The van der Waals surface area contributed by atoms with E-state index in [0.29, 0.717) is 6.54 Å². The van der Waals surface area contributed by atoms with Crippen LogP contribution >= 0.6 is 7.26 Å². The molecule has 1 amide bonds. The second kappa shape index (κ2) is 9.57. The average Bonchev–Trinajstić information content (AvgIpc) is 3.24. The van der Waals surface area contributed by atoms with E-state index in [-0.39, 0.29) is 11.6 Å². The molecule has 2 nitrogen and oxygen atoms in total. The van der Waals surface area contributed by atoms with E-state index < -0.39 is 7.26 Å². The molecule has 1 saturated heterocycles. The maximum absolute atomic E-state index is 14.2. The molecule has 0 spiro atoms. The van der Waals surface area contributed by atoms with Crippen LogP contribution in [0.25, 0.3) is 0 Å². The first-order valence-electron chi connectivity index (χ1n) is 12.0. The number of likely N-dealkylation sites (tertiary alicyclic amines) is 1. The molecule has 4 aromatic rings. The quantitative estimate of drug-likeness (QED) is 0.350. The Balaban J connectivity index is 1.62. The minimum atomic E-state index is -2.21. The van der Waals surface area contributed by atoms with Crippen LogP contribution < -0.4 is 15.9 Å². The summed E-state index contributed by atoms with van der Waals surface area (Å²) in [4.78, 5) is 16.3. The lowest BCUT2D eigenvalue weighted by molar-refractivity contribution is -0.127. The van der Waals surface area contributed by atoms with Gasteiger partial charge in [0.05, 0.1) is 0 Å². The summed E-state index contributed by atoms with van der Waals surface area (Å²) in [6, 6.07) is 38.8. The van der Waals surface area contributed by atoms with Gasteiger partial charge in [0.15, 0.2) is 5.66 Å². The summed E-state index contributed by atoms with van der Waals surface area (Å²) in [5, 5.41) is 3.83. The van der Waals surface area contributed by atoms with Crippen molar-refractivity contribution in [3.8, 4) is 0 Å². The molecule has 0 aliphatic carbocycles. The summed E-state index contributed by atoms with van der Waals surface area (Å²) < 4.78 is 0. The largest absolute Gasteiger partial charge is 0.335 e. The molecule has 0 bridgehead atoms. The molecule has 0 radical (unpaired) electrons. The Morgan fingerprint density at radius 2 is 1.21 bits per heavy atom. The molecule has 1 unspecified atom stereocenters. The highest BCUT2D eigenvalue weighted by Crippen LogP contribution is 2.62. The molecule has 170 valence electrons. The minimum Gasteiger partial charge on any atom is -0.335 e. The van der Waals surface area contributed by atoms with Gasteiger partial charge in [0.2, 0.25) is 0 Å². The minimum absolute atomic E-state index is 0.0637. The summed E-state index contributed by atoms with van der Waals surface area (Å²) in [6.07, 6.45) is 0.871.